The minimum Gasteiger partial charge on any atom is -0.311 e. The smallest absolute Gasteiger partial charge is 0.0541 e. The summed E-state index contributed by atoms with van der Waals surface area (Å²) in [6.45, 7) is 0. The number of rotatable bonds is 25. The number of hydrogen-bond acceptors (Lipinski definition) is 10. The Bertz CT molecular complexity index is 6670. The fourth-order valence-electron chi connectivity index (χ4n) is 17.3. The summed E-state index contributed by atoms with van der Waals surface area (Å²) >= 11 is 8.71. The normalized spacial score (nSPS) is 11.2. The Morgan fingerprint density at radius 1 is 0.111 bits per heavy atom. The van der Waals surface area contributed by atoms with Gasteiger partial charge in [-0.25, -0.2) is 0 Å². The van der Waals surface area contributed by atoms with Crippen molar-refractivity contribution in [1.29, 1.82) is 0 Å². The van der Waals surface area contributed by atoms with Crippen molar-refractivity contribution < 1.29 is 0 Å². The summed E-state index contributed by atoms with van der Waals surface area (Å²) < 4.78 is 0. The Hall–Kier alpha value is -15.0. The number of benzene rings is 16. The van der Waals surface area contributed by atoms with Crippen LogP contribution in [0.4, 0.5) is 85.3 Å². The molecule has 5 nitrogen and oxygen atoms in total. The molecule has 0 radical (unpaired) electrons. The van der Waals surface area contributed by atoms with Gasteiger partial charge in [0, 0.05) is 141 Å². The summed E-state index contributed by atoms with van der Waals surface area (Å²) in [6.07, 6.45) is 0. The summed E-state index contributed by atoms with van der Waals surface area (Å²) in [6, 6.07) is 157. The van der Waals surface area contributed by atoms with Crippen molar-refractivity contribution in [3.05, 3.63) is 485 Å². The fraction of sp³-hybridized carbons (Fsp3) is 0. The Balaban J connectivity index is 0.762. The largest absolute Gasteiger partial charge is 0.311 e. The van der Waals surface area contributed by atoms with E-state index < -0.39 is 0 Å². The summed E-state index contributed by atoms with van der Waals surface area (Å²) in [4.78, 5) is 11.9. The minimum absolute atomic E-state index is 1.01. The number of anilines is 15. The third-order valence-corrected chi connectivity index (χ3v) is 27.1. The van der Waals surface area contributed by atoms with E-state index >= 15 is 0 Å². The molecule has 5 aromatic heterocycles. The summed E-state index contributed by atoms with van der Waals surface area (Å²) in [5, 5.41) is 23.3. The van der Waals surface area contributed by atoms with Gasteiger partial charge in [-0.3, -0.25) is 0 Å². The first kappa shape index (κ1) is 78.3. The van der Waals surface area contributed by atoms with Gasteiger partial charge >= 0.3 is 0 Å². The SMILES string of the molecule is c1ccc(-c2cscc2-c2ccc(N(c3ccc(-c4cscc4-c4ccc(N(c5ccccc5)c5ccccc5)cc4)cc3-c3cscc3-c3ccc(N(c4ccccc4)c4ccccc4)cc3)c3ccc(-c4cscc4-c4ccc(N(c5ccccc5)c5ccccc5)cc4)cc3-c3cscc3-c3ccc(N(c4ccccc4)c4ccccc4)cc3)cc2)cc1. The summed E-state index contributed by atoms with van der Waals surface area (Å²) in [7, 11) is 0. The van der Waals surface area contributed by atoms with Crippen molar-refractivity contribution in [3.8, 4) is 111 Å². The van der Waals surface area contributed by atoms with E-state index in [1.165, 1.54) is 27.8 Å². The average molecular weight is 1710 g/mol. The third kappa shape index (κ3) is 15.9. The quantitative estimate of drug-likeness (QED) is 0.0565. The second-order valence-corrected chi connectivity index (χ2v) is 34.6. The average Bonchev–Trinajstić information content (AvgIpc) is 1.40. The van der Waals surface area contributed by atoms with E-state index in [1.807, 2.05) is 0 Å². The number of para-hydroxylation sites is 8. The molecule has 10 heteroatoms. The van der Waals surface area contributed by atoms with Crippen LogP contribution < -0.4 is 24.5 Å². The molecule has 0 saturated heterocycles. The predicted molar refractivity (Wildman–Crippen MR) is 544 cm³/mol. The molecule has 126 heavy (non-hydrogen) atoms. The molecule has 0 N–H and O–H groups in total. The molecule has 21 aromatic rings. The highest BCUT2D eigenvalue weighted by molar-refractivity contribution is 7.10. The van der Waals surface area contributed by atoms with Crippen LogP contribution in [-0.2, 0) is 0 Å². The molecule has 0 aliphatic heterocycles. The maximum absolute atomic E-state index is 2.56. The van der Waals surface area contributed by atoms with Crippen LogP contribution in [0.2, 0.25) is 0 Å². The van der Waals surface area contributed by atoms with Gasteiger partial charge < -0.3 is 24.5 Å². The standard InChI is InChI=1S/C116H81N5S5/c1-10-28-82(29-11-1)105-72-122-73-106(105)83-54-66-102(67-55-83)121(115-68-56-88(111-78-123-74-107(111)84-46-58-98(59-47-84)117(90-30-12-2-13-31-90)91-32-14-3-15-33-91)70-103(115)113-80-125-76-109(113)86-50-62-100(63-51-86)119(94-38-20-6-21-39-94)95-40-22-7-23-41-95)116-69-57-89(112-79-124-75-108(112)85-48-60-99(61-49-85)118(92-34-16-4-17-35-92)93-36-18-5-19-37-93)71-104(116)114-81-126-77-110(114)87-52-64-101(65-53-87)120(96-42-24-8-25-43-96)97-44-26-9-27-45-97/h1-81H. The molecular formula is C116H81N5S5. The van der Waals surface area contributed by atoms with Crippen LogP contribution in [0.25, 0.3) is 111 Å². The van der Waals surface area contributed by atoms with Crippen LogP contribution >= 0.6 is 56.7 Å². The molecule has 0 atom stereocenters. The van der Waals surface area contributed by atoms with E-state index in [2.05, 4.69) is 509 Å². The number of hydrogen-bond donors (Lipinski definition) is 0. The van der Waals surface area contributed by atoms with Gasteiger partial charge in [0.15, 0.2) is 0 Å². The first-order valence-electron chi connectivity index (χ1n) is 42.1. The lowest BCUT2D eigenvalue weighted by Crippen LogP contribution is -2.13. The van der Waals surface area contributed by atoms with E-state index in [-0.39, 0.29) is 0 Å². The third-order valence-electron chi connectivity index (χ3n) is 23.4. The zero-order valence-corrected chi connectivity index (χ0v) is 72.6. The molecule has 600 valence electrons. The highest BCUT2D eigenvalue weighted by Crippen LogP contribution is 2.54. The van der Waals surface area contributed by atoms with Gasteiger partial charge in [-0.05, 0) is 280 Å². The van der Waals surface area contributed by atoms with E-state index in [0.29, 0.717) is 0 Å². The fourth-order valence-corrected chi connectivity index (χ4v) is 21.6. The summed E-state index contributed by atoms with van der Waals surface area (Å²) in [5.41, 5.74) is 39.0. The van der Waals surface area contributed by atoms with Gasteiger partial charge in [0.25, 0.3) is 0 Å². The topological polar surface area (TPSA) is 16.2 Å². The Kier molecular flexibility index (Phi) is 22.3. The molecule has 0 unspecified atom stereocenters. The maximum atomic E-state index is 2.56. The molecule has 16 aromatic carbocycles. The molecule has 0 spiro atoms. The Morgan fingerprint density at radius 3 is 0.476 bits per heavy atom. The van der Waals surface area contributed by atoms with Crippen molar-refractivity contribution in [3.63, 3.8) is 0 Å². The van der Waals surface area contributed by atoms with Crippen molar-refractivity contribution in [1.82, 2.24) is 0 Å². The minimum atomic E-state index is 1.01. The molecule has 0 amide bonds. The van der Waals surface area contributed by atoms with Crippen LogP contribution in [0.15, 0.2) is 485 Å². The van der Waals surface area contributed by atoms with Gasteiger partial charge in [0.05, 0.1) is 11.4 Å². The Morgan fingerprint density at radius 2 is 0.262 bits per heavy atom. The van der Waals surface area contributed by atoms with Gasteiger partial charge in [0.1, 0.15) is 0 Å². The highest BCUT2D eigenvalue weighted by atomic mass is 32.1. The van der Waals surface area contributed by atoms with Crippen LogP contribution in [0.5, 0.6) is 0 Å². The van der Waals surface area contributed by atoms with Crippen molar-refractivity contribution >= 4 is 142 Å². The van der Waals surface area contributed by atoms with Gasteiger partial charge in [-0.15, -0.1) is 0 Å². The monoisotopic (exact) mass is 1700 g/mol. The predicted octanol–water partition coefficient (Wildman–Crippen LogP) is 36.0. The zero-order chi connectivity index (χ0) is 83.9. The van der Waals surface area contributed by atoms with E-state index in [1.54, 1.807) is 56.7 Å². The van der Waals surface area contributed by atoms with E-state index in [9.17, 15) is 0 Å². The van der Waals surface area contributed by atoms with Gasteiger partial charge in [-0.2, -0.15) is 56.7 Å². The number of thiophene rings is 5. The molecule has 0 fully saturated rings. The van der Waals surface area contributed by atoms with Crippen molar-refractivity contribution in [2.45, 2.75) is 0 Å². The lowest BCUT2D eigenvalue weighted by Gasteiger charge is -2.31. The summed E-state index contributed by atoms with van der Waals surface area (Å²) in [5.74, 6) is 0. The zero-order valence-electron chi connectivity index (χ0n) is 68.5. The van der Waals surface area contributed by atoms with Crippen LogP contribution in [0, 0.1) is 0 Å². The number of nitrogens with zero attached hydrogens (tertiary/aromatic N) is 5. The van der Waals surface area contributed by atoms with Crippen LogP contribution in [0.3, 0.4) is 0 Å². The molecular weight excluding hydrogens is 1620 g/mol. The van der Waals surface area contributed by atoms with Crippen molar-refractivity contribution in [2.24, 2.45) is 0 Å². The molecule has 21 rings (SSSR count). The second kappa shape index (κ2) is 35.8. The molecule has 0 saturated carbocycles. The van der Waals surface area contributed by atoms with Crippen molar-refractivity contribution in [2.75, 3.05) is 24.5 Å². The van der Waals surface area contributed by atoms with Crippen LogP contribution in [0.1, 0.15) is 0 Å². The van der Waals surface area contributed by atoms with Crippen LogP contribution in [-0.4, -0.2) is 0 Å². The first-order valence-corrected chi connectivity index (χ1v) is 46.8. The van der Waals surface area contributed by atoms with E-state index in [0.717, 1.165) is 169 Å². The maximum Gasteiger partial charge on any atom is 0.0541 e. The molecule has 0 bridgehead atoms. The van der Waals surface area contributed by atoms with Gasteiger partial charge in [-0.1, -0.05) is 249 Å². The van der Waals surface area contributed by atoms with E-state index in [4.69, 9.17) is 0 Å². The highest BCUT2D eigenvalue weighted by Gasteiger charge is 2.29. The lowest BCUT2D eigenvalue weighted by molar-refractivity contribution is 1.28. The molecule has 0 aliphatic carbocycles. The molecule has 0 aliphatic rings. The second-order valence-electron chi connectivity index (χ2n) is 30.9. The lowest BCUT2D eigenvalue weighted by atomic mass is 9.90. The van der Waals surface area contributed by atoms with Gasteiger partial charge in [0.2, 0.25) is 0 Å². The first-order chi connectivity index (χ1) is 62.5. The Labute approximate surface area is 756 Å². The molecule has 5 heterocycles.